The predicted octanol–water partition coefficient (Wildman–Crippen LogP) is 2.45. The molecule has 0 aliphatic rings. The first kappa shape index (κ1) is 14.8. The second kappa shape index (κ2) is 6.04. The van der Waals surface area contributed by atoms with Crippen LogP contribution in [0.1, 0.15) is 6.92 Å². The Hall–Kier alpha value is -0.300. The van der Waals surface area contributed by atoms with E-state index in [1.807, 2.05) is 0 Å². The van der Waals surface area contributed by atoms with Crippen LogP contribution in [0.2, 0.25) is 5.02 Å². The maximum absolute atomic E-state index is 11.9. The summed E-state index contributed by atoms with van der Waals surface area (Å²) in [5.74, 6) is 0. The summed E-state index contributed by atoms with van der Waals surface area (Å²) in [5, 5.41) is 2.77. The quantitative estimate of drug-likeness (QED) is 0.865. The van der Waals surface area contributed by atoms with E-state index >= 15 is 0 Å². The molecule has 1 atom stereocenters. The molecule has 0 fully saturated rings. The van der Waals surface area contributed by atoms with Gasteiger partial charge in [0.15, 0.2) is 0 Å². The smallest absolute Gasteiger partial charge is 0.236 e. The van der Waals surface area contributed by atoms with Crippen LogP contribution in [-0.2, 0) is 10.0 Å². The first-order valence-electron chi connectivity index (χ1n) is 4.98. The molecule has 0 aliphatic heterocycles. The summed E-state index contributed by atoms with van der Waals surface area (Å²) in [4.78, 5) is 0. The third-order valence-electron chi connectivity index (χ3n) is 2.20. The van der Waals surface area contributed by atoms with Gasteiger partial charge in [-0.05, 0) is 48.1 Å². The van der Waals surface area contributed by atoms with Gasteiger partial charge in [-0.2, -0.15) is 0 Å². The standard InChI is InChI=1S/C10H14BrClN2O2S/c1-7(6-13-2)17(15,16)14-8-3-4-9(11)10(12)5-8/h3-5,7,13-14H,6H2,1-2H3. The monoisotopic (exact) mass is 340 g/mol. The van der Waals surface area contributed by atoms with Crippen molar-refractivity contribution in [1.29, 1.82) is 0 Å². The highest BCUT2D eigenvalue weighted by Gasteiger charge is 2.19. The summed E-state index contributed by atoms with van der Waals surface area (Å²) in [6.45, 7) is 2.03. The topological polar surface area (TPSA) is 58.2 Å². The van der Waals surface area contributed by atoms with Crippen LogP contribution in [0.3, 0.4) is 0 Å². The van der Waals surface area contributed by atoms with Gasteiger partial charge in [0.05, 0.1) is 16.0 Å². The molecule has 0 bridgehead atoms. The third-order valence-corrected chi connectivity index (χ3v) is 5.18. The van der Waals surface area contributed by atoms with Crippen LogP contribution in [0.5, 0.6) is 0 Å². The zero-order chi connectivity index (χ0) is 13.1. The van der Waals surface area contributed by atoms with E-state index in [2.05, 4.69) is 26.0 Å². The Morgan fingerprint density at radius 3 is 2.65 bits per heavy atom. The van der Waals surface area contributed by atoms with Crippen molar-refractivity contribution in [2.45, 2.75) is 12.2 Å². The molecule has 1 aromatic carbocycles. The van der Waals surface area contributed by atoms with Crippen molar-refractivity contribution in [3.63, 3.8) is 0 Å². The molecular formula is C10H14BrClN2O2S. The number of hydrogen-bond donors (Lipinski definition) is 2. The van der Waals surface area contributed by atoms with Gasteiger partial charge < -0.3 is 5.32 Å². The number of benzene rings is 1. The molecule has 0 aliphatic carbocycles. The normalized spacial score (nSPS) is 13.4. The average Bonchev–Trinajstić information content (AvgIpc) is 2.23. The highest BCUT2D eigenvalue weighted by atomic mass is 79.9. The maximum Gasteiger partial charge on any atom is 0.236 e. The van der Waals surface area contributed by atoms with Crippen molar-refractivity contribution in [2.75, 3.05) is 18.3 Å². The highest BCUT2D eigenvalue weighted by Crippen LogP contribution is 2.26. The minimum atomic E-state index is -3.39. The van der Waals surface area contributed by atoms with Gasteiger partial charge in [-0.15, -0.1) is 0 Å². The largest absolute Gasteiger partial charge is 0.318 e. The zero-order valence-electron chi connectivity index (χ0n) is 9.50. The van der Waals surface area contributed by atoms with Gasteiger partial charge in [-0.1, -0.05) is 11.6 Å². The van der Waals surface area contributed by atoms with E-state index in [4.69, 9.17) is 11.6 Å². The van der Waals surface area contributed by atoms with Gasteiger partial charge >= 0.3 is 0 Å². The minimum Gasteiger partial charge on any atom is -0.318 e. The summed E-state index contributed by atoms with van der Waals surface area (Å²) in [6, 6.07) is 4.91. The van der Waals surface area contributed by atoms with Crippen LogP contribution in [-0.4, -0.2) is 27.3 Å². The third kappa shape index (κ3) is 4.13. The second-order valence-electron chi connectivity index (χ2n) is 3.64. The van der Waals surface area contributed by atoms with Crippen LogP contribution in [0.25, 0.3) is 0 Å². The molecule has 0 aromatic heterocycles. The fourth-order valence-electron chi connectivity index (χ4n) is 1.22. The number of hydrogen-bond acceptors (Lipinski definition) is 3. The van der Waals surface area contributed by atoms with Crippen molar-refractivity contribution in [3.05, 3.63) is 27.7 Å². The number of sulfonamides is 1. The average molecular weight is 342 g/mol. The number of rotatable bonds is 5. The lowest BCUT2D eigenvalue weighted by Gasteiger charge is -2.14. The Labute approximate surface area is 115 Å². The molecule has 17 heavy (non-hydrogen) atoms. The zero-order valence-corrected chi connectivity index (χ0v) is 12.7. The highest BCUT2D eigenvalue weighted by molar-refractivity contribution is 9.10. The Kier molecular flexibility index (Phi) is 5.24. The SMILES string of the molecule is CNCC(C)S(=O)(=O)Nc1ccc(Br)c(Cl)c1. The maximum atomic E-state index is 11.9. The van der Waals surface area contributed by atoms with E-state index in [1.165, 1.54) is 0 Å². The summed E-state index contributed by atoms with van der Waals surface area (Å²) in [6.07, 6.45) is 0. The first-order valence-corrected chi connectivity index (χ1v) is 7.70. The van der Waals surface area contributed by atoms with Gasteiger partial charge in [0.25, 0.3) is 0 Å². The van der Waals surface area contributed by atoms with E-state index in [9.17, 15) is 8.42 Å². The molecule has 7 heteroatoms. The lowest BCUT2D eigenvalue weighted by molar-refractivity contribution is 0.584. The molecule has 2 N–H and O–H groups in total. The van der Waals surface area contributed by atoms with Gasteiger partial charge in [0, 0.05) is 11.0 Å². The molecule has 0 heterocycles. The van der Waals surface area contributed by atoms with Crippen molar-refractivity contribution >= 4 is 43.2 Å². The van der Waals surface area contributed by atoms with Crippen LogP contribution >= 0.6 is 27.5 Å². The lowest BCUT2D eigenvalue weighted by Crippen LogP contribution is -2.33. The molecule has 1 aromatic rings. The summed E-state index contributed by atoms with van der Waals surface area (Å²) in [5.41, 5.74) is 0.459. The van der Waals surface area contributed by atoms with E-state index in [0.29, 0.717) is 17.3 Å². The summed E-state index contributed by atoms with van der Waals surface area (Å²) in [7, 11) is -1.68. The number of anilines is 1. The fourth-order valence-corrected chi connectivity index (χ4v) is 2.69. The molecule has 0 spiro atoms. The van der Waals surface area contributed by atoms with Crippen LogP contribution < -0.4 is 10.0 Å². The molecule has 1 unspecified atom stereocenters. The van der Waals surface area contributed by atoms with E-state index in [0.717, 1.165) is 4.47 Å². The van der Waals surface area contributed by atoms with E-state index in [1.54, 1.807) is 32.2 Å². The van der Waals surface area contributed by atoms with Gasteiger partial charge in [-0.3, -0.25) is 4.72 Å². The second-order valence-corrected chi connectivity index (χ2v) is 7.00. The molecule has 1 rings (SSSR count). The minimum absolute atomic E-state index is 0.388. The Morgan fingerprint density at radius 1 is 1.47 bits per heavy atom. The van der Waals surface area contributed by atoms with Gasteiger partial charge in [0.2, 0.25) is 10.0 Å². The van der Waals surface area contributed by atoms with E-state index in [-0.39, 0.29) is 0 Å². The van der Waals surface area contributed by atoms with Gasteiger partial charge in [-0.25, -0.2) is 8.42 Å². The van der Waals surface area contributed by atoms with Crippen molar-refractivity contribution in [2.24, 2.45) is 0 Å². The number of halogens is 2. The summed E-state index contributed by atoms with van der Waals surface area (Å²) < 4.78 is 27.0. The molecular weight excluding hydrogens is 328 g/mol. The van der Waals surface area contributed by atoms with Crippen molar-refractivity contribution < 1.29 is 8.42 Å². The van der Waals surface area contributed by atoms with Crippen LogP contribution in [0, 0.1) is 0 Å². The van der Waals surface area contributed by atoms with Crippen LogP contribution in [0.15, 0.2) is 22.7 Å². The van der Waals surface area contributed by atoms with Crippen molar-refractivity contribution in [1.82, 2.24) is 5.32 Å². The molecule has 0 radical (unpaired) electrons. The summed E-state index contributed by atoms with van der Waals surface area (Å²) >= 11 is 9.13. The van der Waals surface area contributed by atoms with Gasteiger partial charge in [0.1, 0.15) is 0 Å². The van der Waals surface area contributed by atoms with Crippen LogP contribution in [0.4, 0.5) is 5.69 Å². The number of nitrogens with one attached hydrogen (secondary N) is 2. The Balaban J connectivity index is 2.86. The fraction of sp³-hybridized carbons (Fsp3) is 0.400. The Morgan fingerprint density at radius 2 is 2.12 bits per heavy atom. The molecule has 0 saturated heterocycles. The van der Waals surface area contributed by atoms with Crippen molar-refractivity contribution in [3.8, 4) is 0 Å². The van der Waals surface area contributed by atoms with E-state index < -0.39 is 15.3 Å². The first-order chi connectivity index (χ1) is 7.86. The molecule has 0 saturated carbocycles. The predicted molar refractivity (Wildman–Crippen MR) is 75.1 cm³/mol. The Bertz CT molecular complexity index is 493. The lowest BCUT2D eigenvalue weighted by atomic mass is 10.3. The molecule has 0 amide bonds. The molecule has 96 valence electrons. The molecule has 4 nitrogen and oxygen atoms in total.